The summed E-state index contributed by atoms with van der Waals surface area (Å²) in [6.45, 7) is 6.12. The van der Waals surface area contributed by atoms with E-state index in [9.17, 15) is 9.18 Å². The minimum Gasteiger partial charge on any atom is -0.481 e. The number of fused-ring (bicyclic) bond motifs is 1. The molecule has 1 saturated carbocycles. The fourth-order valence-electron chi connectivity index (χ4n) is 6.14. The lowest BCUT2D eigenvalue weighted by atomic mass is 9.88. The van der Waals surface area contributed by atoms with E-state index in [2.05, 4.69) is 16.0 Å². The highest BCUT2D eigenvalue weighted by Crippen LogP contribution is 2.60. The van der Waals surface area contributed by atoms with Crippen LogP contribution in [-0.2, 0) is 16.0 Å². The topological polar surface area (TPSA) is 90.6 Å². The average molecular weight is 483 g/mol. The van der Waals surface area contributed by atoms with E-state index in [0.29, 0.717) is 29.7 Å². The summed E-state index contributed by atoms with van der Waals surface area (Å²) in [7, 11) is 1.48. The van der Waals surface area contributed by atoms with Gasteiger partial charge in [-0.15, -0.1) is 0 Å². The van der Waals surface area contributed by atoms with Crippen molar-refractivity contribution in [2.75, 3.05) is 32.6 Å². The first kappa shape index (κ1) is 24.0. The number of hydrogen-bond donors (Lipinski definition) is 1. The lowest BCUT2D eigenvalue weighted by Crippen LogP contribution is -2.34. The Balaban J connectivity index is 1.25. The number of anilines is 1. The molecule has 188 valence electrons. The van der Waals surface area contributed by atoms with Crippen LogP contribution in [0.2, 0.25) is 0 Å². The third kappa shape index (κ3) is 4.48. The van der Waals surface area contributed by atoms with Crippen molar-refractivity contribution >= 4 is 11.7 Å². The molecule has 3 aliphatic rings. The molecule has 2 aliphatic heterocycles. The SMILES string of the molecule is COc1cc([C@@H](C)C(=O)N2CC[C@]3(CCc4cc(C5CCOCC5)c(C)nc4N)CC23)c(F)cn1. The van der Waals surface area contributed by atoms with Crippen LogP contribution < -0.4 is 10.5 Å². The maximum atomic E-state index is 14.4. The van der Waals surface area contributed by atoms with Crippen molar-refractivity contribution in [3.8, 4) is 5.88 Å². The van der Waals surface area contributed by atoms with E-state index in [-0.39, 0.29) is 17.4 Å². The summed E-state index contributed by atoms with van der Waals surface area (Å²) in [5, 5.41) is 0. The van der Waals surface area contributed by atoms with Crippen LogP contribution in [0.4, 0.5) is 10.2 Å². The highest BCUT2D eigenvalue weighted by molar-refractivity contribution is 5.84. The Labute approximate surface area is 206 Å². The Morgan fingerprint density at radius 1 is 1.37 bits per heavy atom. The van der Waals surface area contributed by atoms with Gasteiger partial charge in [0.1, 0.15) is 11.6 Å². The molecule has 8 heteroatoms. The molecule has 1 unspecified atom stereocenters. The zero-order valence-corrected chi connectivity index (χ0v) is 20.8. The Morgan fingerprint density at radius 2 is 2.14 bits per heavy atom. The van der Waals surface area contributed by atoms with Crippen molar-refractivity contribution in [2.45, 2.75) is 70.3 Å². The summed E-state index contributed by atoms with van der Waals surface area (Å²) in [6, 6.07) is 4.01. The molecule has 0 spiro atoms. The highest BCUT2D eigenvalue weighted by atomic mass is 19.1. The smallest absolute Gasteiger partial charge is 0.230 e. The van der Waals surface area contributed by atoms with Crippen molar-refractivity contribution in [3.05, 3.63) is 46.5 Å². The van der Waals surface area contributed by atoms with Gasteiger partial charge in [0, 0.05) is 43.1 Å². The molecule has 2 N–H and O–H groups in total. The van der Waals surface area contributed by atoms with Crippen molar-refractivity contribution < 1.29 is 18.7 Å². The normalized spacial score (nSPS) is 24.8. The molecule has 3 fully saturated rings. The maximum Gasteiger partial charge on any atom is 0.230 e. The van der Waals surface area contributed by atoms with Gasteiger partial charge >= 0.3 is 0 Å². The van der Waals surface area contributed by atoms with Crippen molar-refractivity contribution in [2.24, 2.45) is 5.41 Å². The quantitative estimate of drug-likeness (QED) is 0.638. The molecule has 35 heavy (non-hydrogen) atoms. The molecule has 0 radical (unpaired) electrons. The predicted molar refractivity (Wildman–Crippen MR) is 131 cm³/mol. The molecular formula is C27H35FN4O3. The third-order valence-corrected chi connectivity index (χ3v) is 8.48. The van der Waals surface area contributed by atoms with Crippen LogP contribution in [0.1, 0.15) is 73.2 Å². The number of hydrogen-bond acceptors (Lipinski definition) is 6. The number of amides is 1. The molecule has 5 rings (SSSR count). The van der Waals surface area contributed by atoms with E-state index in [1.54, 1.807) is 6.92 Å². The van der Waals surface area contributed by atoms with Gasteiger partial charge in [0.25, 0.3) is 0 Å². The first-order valence-corrected chi connectivity index (χ1v) is 12.7. The van der Waals surface area contributed by atoms with Crippen LogP contribution in [0, 0.1) is 18.2 Å². The lowest BCUT2D eigenvalue weighted by Gasteiger charge is -2.24. The van der Waals surface area contributed by atoms with Crippen molar-refractivity contribution in [1.29, 1.82) is 0 Å². The van der Waals surface area contributed by atoms with E-state index in [1.165, 1.54) is 18.7 Å². The molecule has 7 nitrogen and oxygen atoms in total. The van der Waals surface area contributed by atoms with E-state index in [1.807, 2.05) is 11.8 Å². The number of nitrogens with two attached hydrogens (primary N) is 1. The van der Waals surface area contributed by atoms with Gasteiger partial charge in [-0.25, -0.2) is 14.4 Å². The molecule has 0 bridgehead atoms. The Kier molecular flexibility index (Phi) is 6.42. The van der Waals surface area contributed by atoms with Gasteiger partial charge < -0.3 is 20.1 Å². The molecule has 2 aromatic rings. The molecule has 1 aliphatic carbocycles. The zero-order chi connectivity index (χ0) is 24.7. The van der Waals surface area contributed by atoms with E-state index in [4.69, 9.17) is 15.2 Å². The number of nitrogens with zero attached hydrogens (tertiary/aromatic N) is 3. The number of piperidine rings is 1. The molecule has 0 aromatic carbocycles. The number of ether oxygens (including phenoxy) is 2. The Morgan fingerprint density at radius 3 is 2.86 bits per heavy atom. The minimum atomic E-state index is -0.581. The summed E-state index contributed by atoms with van der Waals surface area (Å²) >= 11 is 0. The number of rotatable bonds is 7. The van der Waals surface area contributed by atoms with E-state index < -0.39 is 11.7 Å². The average Bonchev–Trinajstić information content (AvgIpc) is 3.47. The van der Waals surface area contributed by atoms with Crippen LogP contribution >= 0.6 is 0 Å². The highest BCUT2D eigenvalue weighted by Gasteiger charge is 2.61. The fourth-order valence-corrected chi connectivity index (χ4v) is 6.14. The Hall–Kier alpha value is -2.74. The van der Waals surface area contributed by atoms with Gasteiger partial charge in [-0.3, -0.25) is 4.79 Å². The van der Waals surface area contributed by atoms with E-state index in [0.717, 1.165) is 69.2 Å². The van der Waals surface area contributed by atoms with Crippen LogP contribution in [-0.4, -0.2) is 53.7 Å². The number of carbonyl (C=O) groups is 1. The maximum absolute atomic E-state index is 14.4. The first-order chi connectivity index (χ1) is 16.8. The molecular weight excluding hydrogens is 447 g/mol. The monoisotopic (exact) mass is 482 g/mol. The van der Waals surface area contributed by atoms with Crippen LogP contribution in [0.25, 0.3) is 0 Å². The van der Waals surface area contributed by atoms with Gasteiger partial charge in [-0.1, -0.05) is 6.07 Å². The predicted octanol–water partition coefficient (Wildman–Crippen LogP) is 4.14. The second kappa shape index (κ2) is 9.37. The van der Waals surface area contributed by atoms with Crippen LogP contribution in [0.5, 0.6) is 5.88 Å². The number of carbonyl (C=O) groups excluding carboxylic acids is 1. The van der Waals surface area contributed by atoms with Gasteiger partial charge in [0.15, 0.2) is 0 Å². The largest absolute Gasteiger partial charge is 0.481 e. The van der Waals surface area contributed by atoms with Gasteiger partial charge in [0.2, 0.25) is 11.8 Å². The lowest BCUT2D eigenvalue weighted by molar-refractivity contribution is -0.132. The van der Waals surface area contributed by atoms with Gasteiger partial charge in [-0.05, 0) is 74.8 Å². The van der Waals surface area contributed by atoms with Gasteiger partial charge in [-0.2, -0.15) is 0 Å². The second-order valence-electron chi connectivity index (χ2n) is 10.4. The molecule has 2 aromatic heterocycles. The number of pyridine rings is 2. The van der Waals surface area contributed by atoms with E-state index >= 15 is 0 Å². The number of likely N-dealkylation sites (tertiary alicyclic amines) is 1. The zero-order valence-electron chi connectivity index (χ0n) is 20.8. The van der Waals surface area contributed by atoms with Crippen molar-refractivity contribution in [1.82, 2.24) is 14.9 Å². The number of halogens is 1. The summed E-state index contributed by atoms with van der Waals surface area (Å²) in [6.07, 6.45) is 6.99. The number of nitrogen functional groups attached to an aromatic ring is 1. The van der Waals surface area contributed by atoms with Crippen molar-refractivity contribution in [3.63, 3.8) is 0 Å². The second-order valence-corrected chi connectivity index (χ2v) is 10.4. The van der Waals surface area contributed by atoms with Crippen LogP contribution in [0.3, 0.4) is 0 Å². The molecule has 4 heterocycles. The fraction of sp³-hybridized carbons (Fsp3) is 0.593. The number of methoxy groups -OCH3 is 1. The summed E-state index contributed by atoms with van der Waals surface area (Å²) in [4.78, 5) is 23.8. The first-order valence-electron chi connectivity index (χ1n) is 12.7. The number of aromatic nitrogens is 2. The summed E-state index contributed by atoms with van der Waals surface area (Å²) in [5.74, 6) is 0.328. The third-order valence-electron chi connectivity index (χ3n) is 8.48. The summed E-state index contributed by atoms with van der Waals surface area (Å²) in [5.41, 5.74) is 10.2. The molecule has 2 saturated heterocycles. The Bertz CT molecular complexity index is 1120. The molecule has 3 atom stereocenters. The minimum absolute atomic E-state index is 0.0279. The molecule has 1 amide bonds. The standard InChI is InChI=1S/C27H35FN4O3/c1-16(20-13-24(34-3)30-15-22(20)28)26(33)32-9-8-27(14-23(27)32)7-4-19-12-21(17(2)31-25(19)29)18-5-10-35-11-6-18/h12-13,15-16,18,23H,4-11,14H2,1-3H3,(H2,29,31)/t16-,23?,27-/m1/s1. The number of aryl methyl sites for hydroxylation is 2. The van der Waals surface area contributed by atoms with Gasteiger partial charge in [0.05, 0.1) is 19.2 Å². The van der Waals surface area contributed by atoms with Crippen LogP contribution in [0.15, 0.2) is 18.3 Å². The summed E-state index contributed by atoms with van der Waals surface area (Å²) < 4.78 is 25.1.